The van der Waals surface area contributed by atoms with E-state index in [1.165, 1.54) is 0 Å². The first kappa shape index (κ1) is 21.7. The molecule has 32 heavy (non-hydrogen) atoms. The molecule has 0 spiro atoms. The second-order valence-corrected chi connectivity index (χ2v) is 7.97. The summed E-state index contributed by atoms with van der Waals surface area (Å²) in [7, 11) is 0. The van der Waals surface area contributed by atoms with E-state index in [1.54, 1.807) is 6.20 Å². The second kappa shape index (κ2) is 9.73. The zero-order chi connectivity index (χ0) is 22.5. The normalized spacial score (nSPS) is 19.0. The van der Waals surface area contributed by atoms with Crippen LogP contribution in [0.1, 0.15) is 54.3 Å². The summed E-state index contributed by atoms with van der Waals surface area (Å²) in [5.41, 5.74) is 5.92. The zero-order valence-corrected chi connectivity index (χ0v) is 17.5. The number of nitrogens with two attached hydrogens (primary N) is 1. The van der Waals surface area contributed by atoms with Crippen molar-refractivity contribution >= 4 is 22.6 Å². The van der Waals surface area contributed by atoms with E-state index in [-0.39, 0.29) is 23.6 Å². The molecule has 2 aromatic heterocycles. The number of aromatic nitrogens is 3. The van der Waals surface area contributed by atoms with Crippen molar-refractivity contribution in [3.8, 4) is 0 Å². The van der Waals surface area contributed by atoms with E-state index in [0.717, 1.165) is 30.0 Å². The van der Waals surface area contributed by atoms with Crippen molar-refractivity contribution in [1.29, 1.82) is 0 Å². The third kappa shape index (κ3) is 4.70. The van der Waals surface area contributed by atoms with Gasteiger partial charge in [-0.25, -0.2) is 4.79 Å². The summed E-state index contributed by atoms with van der Waals surface area (Å²) in [6.45, 7) is 0.401. The fourth-order valence-electron chi connectivity index (χ4n) is 4.26. The molecule has 1 aliphatic carbocycles. The summed E-state index contributed by atoms with van der Waals surface area (Å²) < 4.78 is 4.62. The van der Waals surface area contributed by atoms with Gasteiger partial charge in [0.05, 0.1) is 0 Å². The van der Waals surface area contributed by atoms with Gasteiger partial charge in [0.1, 0.15) is 11.7 Å². The second-order valence-electron chi connectivity index (χ2n) is 7.97. The number of fused-ring (bicyclic) bond motifs is 1. The van der Waals surface area contributed by atoms with Gasteiger partial charge >= 0.3 is 5.76 Å². The molecule has 1 saturated carbocycles. The molecule has 1 aromatic carbocycles. The lowest BCUT2D eigenvalue weighted by Gasteiger charge is -2.23. The lowest BCUT2D eigenvalue weighted by atomic mass is 10.0. The van der Waals surface area contributed by atoms with E-state index in [4.69, 9.17) is 5.73 Å². The number of H-pyrrole nitrogens is 1. The Morgan fingerprint density at radius 3 is 2.88 bits per heavy atom. The summed E-state index contributed by atoms with van der Waals surface area (Å²) >= 11 is 0. The zero-order valence-electron chi connectivity index (χ0n) is 17.5. The number of rotatable bonds is 8. The minimum absolute atomic E-state index is 0.143. The summed E-state index contributed by atoms with van der Waals surface area (Å²) in [4.78, 5) is 44.3. The van der Waals surface area contributed by atoms with Crippen LogP contribution in [0.5, 0.6) is 0 Å². The molecule has 0 unspecified atom stereocenters. The SMILES string of the molecule is NCCC[C@H](NC(=O)c1nccc2ccccc12)C(=O)N[C@H]1CCC[C@H]1c1noc(=O)[nH]1. The molecule has 0 saturated heterocycles. The van der Waals surface area contributed by atoms with Crippen LogP contribution in [-0.4, -0.2) is 45.6 Å². The highest BCUT2D eigenvalue weighted by molar-refractivity contribution is 6.06. The summed E-state index contributed by atoms with van der Waals surface area (Å²) in [5, 5.41) is 11.2. The predicted molar refractivity (Wildman–Crippen MR) is 117 cm³/mol. The molecule has 5 N–H and O–H groups in total. The van der Waals surface area contributed by atoms with E-state index < -0.39 is 17.7 Å². The lowest BCUT2D eigenvalue weighted by Crippen LogP contribution is -2.50. The predicted octanol–water partition coefficient (Wildman–Crippen LogP) is 1.20. The van der Waals surface area contributed by atoms with Crippen LogP contribution in [0.4, 0.5) is 0 Å². The van der Waals surface area contributed by atoms with Crippen LogP contribution in [-0.2, 0) is 4.79 Å². The van der Waals surface area contributed by atoms with Gasteiger partial charge in [0.15, 0.2) is 5.82 Å². The van der Waals surface area contributed by atoms with Gasteiger partial charge in [-0.1, -0.05) is 35.8 Å². The number of benzene rings is 1. The van der Waals surface area contributed by atoms with Crippen LogP contribution in [0.3, 0.4) is 0 Å². The number of hydrogen-bond acceptors (Lipinski definition) is 7. The molecule has 10 nitrogen and oxygen atoms in total. The molecule has 2 heterocycles. The number of carbonyl (C=O) groups is 2. The number of aromatic amines is 1. The van der Waals surface area contributed by atoms with Gasteiger partial charge in [-0.2, -0.15) is 0 Å². The van der Waals surface area contributed by atoms with E-state index >= 15 is 0 Å². The molecule has 0 bridgehead atoms. The fraction of sp³-hybridized carbons (Fsp3) is 0.409. The van der Waals surface area contributed by atoms with Crippen LogP contribution in [0.25, 0.3) is 10.8 Å². The van der Waals surface area contributed by atoms with Gasteiger partial charge in [0.25, 0.3) is 5.91 Å². The maximum absolute atomic E-state index is 13.1. The van der Waals surface area contributed by atoms with Crippen molar-refractivity contribution in [3.05, 3.63) is 58.6 Å². The van der Waals surface area contributed by atoms with E-state index in [9.17, 15) is 14.4 Å². The molecule has 4 rings (SSSR count). The maximum atomic E-state index is 13.1. The van der Waals surface area contributed by atoms with Gasteiger partial charge in [0.2, 0.25) is 5.91 Å². The number of nitrogens with zero attached hydrogens (tertiary/aromatic N) is 2. The number of nitrogens with one attached hydrogen (secondary N) is 3. The molecule has 1 aliphatic rings. The van der Waals surface area contributed by atoms with Crippen molar-refractivity contribution in [3.63, 3.8) is 0 Å². The smallest absolute Gasteiger partial charge is 0.351 e. The first-order valence-electron chi connectivity index (χ1n) is 10.8. The quantitative estimate of drug-likeness (QED) is 0.412. The molecule has 3 atom stereocenters. The largest absolute Gasteiger partial charge is 0.438 e. The Bertz CT molecular complexity index is 1150. The minimum Gasteiger partial charge on any atom is -0.351 e. The maximum Gasteiger partial charge on any atom is 0.438 e. The average Bonchev–Trinajstić information content (AvgIpc) is 3.44. The number of carbonyl (C=O) groups excluding carboxylic acids is 2. The van der Waals surface area contributed by atoms with E-state index in [1.807, 2.05) is 30.3 Å². The topological polar surface area (TPSA) is 156 Å². The highest BCUT2D eigenvalue weighted by atomic mass is 16.5. The Hall–Kier alpha value is -3.53. The molecule has 10 heteroatoms. The molecule has 0 aliphatic heterocycles. The third-order valence-electron chi connectivity index (χ3n) is 5.86. The molecular formula is C22H26N6O4. The molecule has 2 amide bonds. The summed E-state index contributed by atoms with van der Waals surface area (Å²) in [5.74, 6) is -1.04. The van der Waals surface area contributed by atoms with Crippen molar-refractivity contribution < 1.29 is 14.1 Å². The summed E-state index contributed by atoms with van der Waals surface area (Å²) in [6.07, 6.45) is 4.95. The van der Waals surface area contributed by atoms with Crippen molar-refractivity contribution in [1.82, 2.24) is 25.8 Å². The van der Waals surface area contributed by atoms with Gasteiger partial charge in [-0.3, -0.25) is 24.1 Å². The van der Waals surface area contributed by atoms with Gasteiger partial charge in [-0.05, 0) is 43.7 Å². The van der Waals surface area contributed by atoms with Gasteiger partial charge in [0, 0.05) is 23.5 Å². The first-order chi connectivity index (χ1) is 15.6. The molecule has 168 valence electrons. The van der Waals surface area contributed by atoms with Crippen LogP contribution in [0.15, 0.2) is 45.8 Å². The Morgan fingerprint density at radius 2 is 2.09 bits per heavy atom. The molecule has 3 aromatic rings. The van der Waals surface area contributed by atoms with Crippen molar-refractivity contribution in [2.24, 2.45) is 5.73 Å². The van der Waals surface area contributed by atoms with Crippen molar-refractivity contribution in [2.75, 3.05) is 6.54 Å². The minimum atomic E-state index is -0.760. The highest BCUT2D eigenvalue weighted by Crippen LogP contribution is 2.32. The van der Waals surface area contributed by atoms with Gasteiger partial charge < -0.3 is 16.4 Å². The molecule has 1 fully saturated rings. The Labute approximate surface area is 184 Å². The molecular weight excluding hydrogens is 412 g/mol. The standard InChI is InChI=1S/C22H26N6O4/c23-11-4-9-17(26-21(30)18-14-6-2-1-5-13(14)10-12-24-18)20(29)25-16-8-3-7-15(16)19-27-22(31)32-28-19/h1-2,5-6,10,12,15-17H,3-4,7-9,11,23H2,(H,25,29)(H,26,30)(H,27,28,31)/t15-,16+,17+/m1/s1. The fourth-order valence-corrected chi connectivity index (χ4v) is 4.26. The Morgan fingerprint density at radius 1 is 1.25 bits per heavy atom. The van der Waals surface area contributed by atoms with Gasteiger partial charge in [-0.15, -0.1) is 0 Å². The van der Waals surface area contributed by atoms with E-state index in [0.29, 0.717) is 25.2 Å². The van der Waals surface area contributed by atoms with Crippen LogP contribution >= 0.6 is 0 Å². The van der Waals surface area contributed by atoms with E-state index in [2.05, 4.69) is 30.3 Å². The molecule has 0 radical (unpaired) electrons. The number of pyridine rings is 1. The van der Waals surface area contributed by atoms with Crippen LogP contribution < -0.4 is 22.1 Å². The van der Waals surface area contributed by atoms with Crippen LogP contribution in [0.2, 0.25) is 0 Å². The lowest BCUT2D eigenvalue weighted by molar-refractivity contribution is -0.123. The highest BCUT2D eigenvalue weighted by Gasteiger charge is 2.34. The summed E-state index contributed by atoms with van der Waals surface area (Å²) in [6, 6.07) is 8.32. The number of amides is 2. The Kier molecular flexibility index (Phi) is 6.60. The first-order valence-corrected chi connectivity index (χ1v) is 10.8. The average molecular weight is 438 g/mol. The monoisotopic (exact) mass is 438 g/mol. The number of hydrogen-bond donors (Lipinski definition) is 4. The Balaban J connectivity index is 1.49. The van der Waals surface area contributed by atoms with Crippen molar-refractivity contribution in [2.45, 2.75) is 50.1 Å². The third-order valence-corrected chi connectivity index (χ3v) is 5.86. The van der Waals surface area contributed by atoms with Crippen LogP contribution in [0, 0.1) is 0 Å².